The molecule has 2 aromatic carbocycles. The first kappa shape index (κ1) is 13.7. The highest BCUT2D eigenvalue weighted by molar-refractivity contribution is 6.58. The van der Waals surface area contributed by atoms with Gasteiger partial charge in [-0.05, 0) is 36.0 Å². The van der Waals surface area contributed by atoms with E-state index in [0.717, 1.165) is 12.8 Å². The van der Waals surface area contributed by atoms with E-state index in [9.17, 15) is 0 Å². The van der Waals surface area contributed by atoms with Crippen LogP contribution < -0.4 is 10.2 Å². The molecule has 102 valence electrons. The lowest BCUT2D eigenvalue weighted by molar-refractivity contribution is 0.311. The minimum absolute atomic E-state index is 0. The molecule has 0 unspecified atom stereocenters. The molecule has 0 radical (unpaired) electrons. The van der Waals surface area contributed by atoms with Crippen LogP contribution in [-0.2, 0) is 6.42 Å². The first-order chi connectivity index (χ1) is 9.25. The minimum Gasteiger partial charge on any atom is -0.494 e. The summed E-state index contributed by atoms with van der Waals surface area (Å²) in [6.07, 6.45) is 1.90. The lowest BCUT2D eigenvalue weighted by Gasteiger charge is -2.08. The molecule has 2 N–H and O–H groups in total. The molecule has 0 aliphatic heterocycles. The van der Waals surface area contributed by atoms with Gasteiger partial charge in [0.1, 0.15) is 5.75 Å². The fourth-order valence-corrected chi connectivity index (χ4v) is 1.88. The van der Waals surface area contributed by atoms with E-state index in [2.05, 4.69) is 12.1 Å². The second-order valence-corrected chi connectivity index (χ2v) is 4.38. The van der Waals surface area contributed by atoms with Crippen molar-refractivity contribution in [3.8, 4) is 5.75 Å². The maximum Gasteiger partial charge on any atom is 0.488 e. The number of rotatable bonds is 6. The SMILES string of the molecule is OB(O)c1cccc(OCCCc2ccccc2)c1.[HH].[HH]. The van der Waals surface area contributed by atoms with Gasteiger partial charge in [-0.1, -0.05) is 42.5 Å². The molecule has 19 heavy (non-hydrogen) atoms. The van der Waals surface area contributed by atoms with Crippen LogP contribution in [-0.4, -0.2) is 23.8 Å². The zero-order chi connectivity index (χ0) is 13.5. The maximum atomic E-state index is 9.07. The van der Waals surface area contributed by atoms with Crippen molar-refractivity contribution < 1.29 is 17.6 Å². The fourth-order valence-electron chi connectivity index (χ4n) is 1.88. The summed E-state index contributed by atoms with van der Waals surface area (Å²) < 4.78 is 5.60. The lowest BCUT2D eigenvalue weighted by Crippen LogP contribution is -2.29. The van der Waals surface area contributed by atoms with Crippen molar-refractivity contribution in [1.82, 2.24) is 0 Å². The third kappa shape index (κ3) is 4.43. The van der Waals surface area contributed by atoms with Crippen LogP contribution in [0.1, 0.15) is 14.8 Å². The van der Waals surface area contributed by atoms with E-state index in [0.29, 0.717) is 17.8 Å². The van der Waals surface area contributed by atoms with E-state index < -0.39 is 7.12 Å². The first-order valence-electron chi connectivity index (χ1n) is 6.38. The van der Waals surface area contributed by atoms with E-state index >= 15 is 0 Å². The van der Waals surface area contributed by atoms with Gasteiger partial charge in [-0.25, -0.2) is 0 Å². The molecule has 0 fully saturated rings. The molecule has 0 aromatic heterocycles. The fraction of sp³-hybridized carbons (Fsp3) is 0.200. The second-order valence-electron chi connectivity index (χ2n) is 4.38. The molecule has 0 spiro atoms. The summed E-state index contributed by atoms with van der Waals surface area (Å²) in [5.74, 6) is 0.665. The number of hydrogen-bond acceptors (Lipinski definition) is 3. The highest BCUT2D eigenvalue weighted by Crippen LogP contribution is 2.09. The van der Waals surface area contributed by atoms with Gasteiger partial charge in [-0.3, -0.25) is 0 Å². The summed E-state index contributed by atoms with van der Waals surface area (Å²) >= 11 is 0. The summed E-state index contributed by atoms with van der Waals surface area (Å²) in [5.41, 5.74) is 1.74. The Labute approximate surface area is 116 Å². The Morgan fingerprint density at radius 1 is 1.00 bits per heavy atom. The molecule has 0 atom stereocenters. The van der Waals surface area contributed by atoms with E-state index in [1.54, 1.807) is 18.2 Å². The molecular formula is C15H21BO3. The smallest absolute Gasteiger partial charge is 0.488 e. The van der Waals surface area contributed by atoms with Gasteiger partial charge in [0.05, 0.1) is 6.61 Å². The van der Waals surface area contributed by atoms with E-state index in [-0.39, 0.29) is 2.85 Å². The van der Waals surface area contributed by atoms with Gasteiger partial charge < -0.3 is 14.8 Å². The average Bonchev–Trinajstić information content (AvgIpc) is 2.45. The van der Waals surface area contributed by atoms with Crippen LogP contribution in [0, 0.1) is 0 Å². The Kier molecular flexibility index (Phi) is 5.01. The molecule has 0 aliphatic rings. The predicted octanol–water partition coefficient (Wildman–Crippen LogP) is 1.87. The number of aryl methyl sites for hydroxylation is 1. The number of benzene rings is 2. The molecule has 3 nitrogen and oxygen atoms in total. The molecule has 0 amide bonds. The molecule has 0 heterocycles. The normalized spacial score (nSPS) is 10.2. The van der Waals surface area contributed by atoms with Crippen molar-refractivity contribution >= 4 is 12.6 Å². The van der Waals surface area contributed by atoms with Gasteiger partial charge in [0.15, 0.2) is 0 Å². The molecule has 0 saturated carbocycles. The van der Waals surface area contributed by atoms with Gasteiger partial charge in [-0.15, -0.1) is 0 Å². The lowest BCUT2D eigenvalue weighted by atomic mass is 9.80. The molecule has 2 aromatic rings. The molecule has 2 rings (SSSR count). The topological polar surface area (TPSA) is 49.7 Å². The molecule has 0 bridgehead atoms. The summed E-state index contributed by atoms with van der Waals surface area (Å²) in [6.45, 7) is 0.611. The van der Waals surface area contributed by atoms with Gasteiger partial charge in [0, 0.05) is 2.85 Å². The third-order valence-corrected chi connectivity index (χ3v) is 2.88. The van der Waals surface area contributed by atoms with Gasteiger partial charge in [0.25, 0.3) is 0 Å². The number of hydrogen-bond donors (Lipinski definition) is 2. The molecule has 0 saturated heterocycles. The van der Waals surface area contributed by atoms with Crippen LogP contribution in [0.3, 0.4) is 0 Å². The first-order valence-corrected chi connectivity index (χ1v) is 6.38. The standard InChI is InChI=1S/C15H17BO3.2H2/c17-16(18)14-9-4-10-15(12-14)19-11-5-8-13-6-2-1-3-7-13;;/h1-4,6-7,9-10,12,17-18H,5,8,11H2;2*1H. The Balaban J connectivity index is 0.00000200. The molecular weight excluding hydrogens is 239 g/mol. The summed E-state index contributed by atoms with van der Waals surface area (Å²) in [6, 6.07) is 17.1. The molecule has 4 heteroatoms. The third-order valence-electron chi connectivity index (χ3n) is 2.88. The predicted molar refractivity (Wildman–Crippen MR) is 80.8 cm³/mol. The summed E-state index contributed by atoms with van der Waals surface area (Å²) in [5, 5.41) is 18.1. The zero-order valence-corrected chi connectivity index (χ0v) is 10.7. The van der Waals surface area contributed by atoms with Crippen molar-refractivity contribution in [2.24, 2.45) is 0 Å². The Hall–Kier alpha value is -1.78. The largest absolute Gasteiger partial charge is 0.494 e. The van der Waals surface area contributed by atoms with E-state index in [1.165, 1.54) is 5.56 Å². The Morgan fingerprint density at radius 2 is 1.79 bits per heavy atom. The maximum absolute atomic E-state index is 9.07. The Morgan fingerprint density at radius 3 is 2.53 bits per heavy atom. The van der Waals surface area contributed by atoms with Crippen molar-refractivity contribution in [2.45, 2.75) is 12.8 Å². The highest BCUT2D eigenvalue weighted by Gasteiger charge is 2.10. The summed E-state index contributed by atoms with van der Waals surface area (Å²) in [4.78, 5) is 0. The minimum atomic E-state index is -1.45. The zero-order valence-electron chi connectivity index (χ0n) is 10.7. The van der Waals surface area contributed by atoms with Crippen LogP contribution in [0.15, 0.2) is 54.6 Å². The highest BCUT2D eigenvalue weighted by atomic mass is 16.5. The average molecular weight is 260 g/mol. The van der Waals surface area contributed by atoms with Gasteiger partial charge in [-0.2, -0.15) is 0 Å². The van der Waals surface area contributed by atoms with Gasteiger partial charge >= 0.3 is 7.12 Å². The van der Waals surface area contributed by atoms with Crippen LogP contribution >= 0.6 is 0 Å². The van der Waals surface area contributed by atoms with Crippen molar-refractivity contribution in [3.63, 3.8) is 0 Å². The van der Waals surface area contributed by atoms with E-state index in [4.69, 9.17) is 14.8 Å². The van der Waals surface area contributed by atoms with Crippen molar-refractivity contribution in [1.29, 1.82) is 0 Å². The Bertz CT molecular complexity index is 509. The van der Waals surface area contributed by atoms with E-state index in [1.807, 2.05) is 24.3 Å². The van der Waals surface area contributed by atoms with Crippen LogP contribution in [0.2, 0.25) is 0 Å². The van der Waals surface area contributed by atoms with Crippen molar-refractivity contribution in [2.75, 3.05) is 6.61 Å². The number of ether oxygens (including phenoxy) is 1. The van der Waals surface area contributed by atoms with Crippen LogP contribution in [0.4, 0.5) is 0 Å². The van der Waals surface area contributed by atoms with Crippen molar-refractivity contribution in [3.05, 3.63) is 60.2 Å². The van der Waals surface area contributed by atoms with Crippen LogP contribution in [0.25, 0.3) is 0 Å². The monoisotopic (exact) mass is 260 g/mol. The van der Waals surface area contributed by atoms with Crippen LogP contribution in [0.5, 0.6) is 5.75 Å². The second kappa shape index (κ2) is 6.97. The summed E-state index contributed by atoms with van der Waals surface area (Å²) in [7, 11) is -1.45. The van der Waals surface area contributed by atoms with Gasteiger partial charge in [0.2, 0.25) is 0 Å². The quantitative estimate of drug-likeness (QED) is 0.615. The molecule has 0 aliphatic carbocycles.